The van der Waals surface area contributed by atoms with Gasteiger partial charge in [-0.1, -0.05) is 0 Å². The minimum absolute atomic E-state index is 0.263. The van der Waals surface area contributed by atoms with E-state index in [4.69, 9.17) is 18.8 Å². The molecule has 2 aliphatic heterocycles. The summed E-state index contributed by atoms with van der Waals surface area (Å²) >= 11 is 0. The van der Waals surface area contributed by atoms with Crippen LogP contribution >= 0.6 is 0 Å². The average molecular weight is 298 g/mol. The largest absolute Gasteiger partial charge is 0.525 e. The third-order valence-corrected chi connectivity index (χ3v) is 5.23. The number of halogens is 1. The maximum atomic E-state index is 14.7. The van der Waals surface area contributed by atoms with Crippen molar-refractivity contribution >= 4 is 7.12 Å². The Hall–Kier alpha value is -0.425. The van der Waals surface area contributed by atoms with Crippen LogP contribution < -0.4 is 0 Å². The lowest BCUT2D eigenvalue weighted by Gasteiger charge is -2.32. The molecule has 4 nitrogen and oxygen atoms in total. The molecule has 0 atom stereocenters. The fourth-order valence-electron chi connectivity index (χ4n) is 3.07. The summed E-state index contributed by atoms with van der Waals surface area (Å²) < 4.78 is 37.6. The molecule has 2 heterocycles. The number of hydrogen-bond donors (Lipinski definition) is 0. The zero-order valence-electron chi connectivity index (χ0n) is 13.3. The molecule has 6 heteroatoms. The summed E-state index contributed by atoms with van der Waals surface area (Å²) in [6.07, 6.45) is 2.68. The van der Waals surface area contributed by atoms with Crippen molar-refractivity contribution in [1.82, 2.24) is 0 Å². The quantitative estimate of drug-likeness (QED) is 0.697. The van der Waals surface area contributed by atoms with Gasteiger partial charge in [-0.15, -0.1) is 0 Å². The summed E-state index contributed by atoms with van der Waals surface area (Å²) in [5.74, 6) is -0.473. The van der Waals surface area contributed by atoms with E-state index in [9.17, 15) is 4.39 Å². The second-order valence-electron chi connectivity index (χ2n) is 7.15. The molecule has 0 unspecified atom stereocenters. The van der Waals surface area contributed by atoms with Gasteiger partial charge in [0, 0.05) is 12.8 Å². The summed E-state index contributed by atoms with van der Waals surface area (Å²) in [6.45, 7) is 9.00. The Morgan fingerprint density at radius 3 is 1.90 bits per heavy atom. The van der Waals surface area contributed by atoms with Crippen molar-refractivity contribution in [2.75, 3.05) is 13.2 Å². The summed E-state index contributed by atoms with van der Waals surface area (Å²) in [7, 11) is -0.885. The second kappa shape index (κ2) is 5.05. The molecule has 1 aliphatic carbocycles. The predicted octanol–water partition coefficient (Wildman–Crippen LogP) is 3.16. The summed E-state index contributed by atoms with van der Waals surface area (Å²) in [5, 5.41) is 0. The SMILES string of the molecule is CC1(C)OB(C(F)=C2CCC3(CC2)OCCO3)OC1(C)C. The van der Waals surface area contributed by atoms with E-state index in [-0.39, 0.29) is 5.73 Å². The lowest BCUT2D eigenvalue weighted by molar-refractivity contribution is -0.171. The number of allylic oxidation sites excluding steroid dienone is 1. The molecule has 3 rings (SSSR count). The van der Waals surface area contributed by atoms with Crippen LogP contribution in [0, 0.1) is 0 Å². The van der Waals surface area contributed by atoms with Gasteiger partial charge in [-0.25, -0.2) is 4.39 Å². The van der Waals surface area contributed by atoms with Crippen LogP contribution in [0.15, 0.2) is 11.3 Å². The summed E-state index contributed by atoms with van der Waals surface area (Å²) in [5.41, 5.74) is -0.508. The highest BCUT2D eigenvalue weighted by molar-refractivity contribution is 6.53. The first kappa shape index (κ1) is 15.5. The van der Waals surface area contributed by atoms with Crippen molar-refractivity contribution in [3.63, 3.8) is 0 Å². The van der Waals surface area contributed by atoms with Crippen molar-refractivity contribution in [2.24, 2.45) is 0 Å². The van der Waals surface area contributed by atoms with Gasteiger partial charge < -0.3 is 18.8 Å². The van der Waals surface area contributed by atoms with Gasteiger partial charge >= 0.3 is 7.12 Å². The van der Waals surface area contributed by atoms with E-state index < -0.39 is 24.1 Å². The van der Waals surface area contributed by atoms with Crippen LogP contribution in [-0.2, 0) is 18.8 Å². The fourth-order valence-corrected chi connectivity index (χ4v) is 3.07. The predicted molar refractivity (Wildman–Crippen MR) is 77.3 cm³/mol. The molecule has 0 aromatic rings. The number of hydrogen-bond acceptors (Lipinski definition) is 4. The van der Waals surface area contributed by atoms with E-state index >= 15 is 0 Å². The zero-order valence-corrected chi connectivity index (χ0v) is 13.3. The Morgan fingerprint density at radius 1 is 0.952 bits per heavy atom. The smallest absolute Gasteiger partial charge is 0.398 e. The molecule has 2 saturated heterocycles. The van der Waals surface area contributed by atoms with Gasteiger partial charge in [0.2, 0.25) is 0 Å². The monoisotopic (exact) mass is 298 g/mol. The Kier molecular flexibility index (Phi) is 3.72. The highest BCUT2D eigenvalue weighted by atomic mass is 19.1. The number of rotatable bonds is 1. The molecule has 21 heavy (non-hydrogen) atoms. The van der Waals surface area contributed by atoms with E-state index in [2.05, 4.69) is 0 Å². The maximum absolute atomic E-state index is 14.7. The van der Waals surface area contributed by atoms with E-state index in [1.54, 1.807) is 0 Å². The molecule has 0 bridgehead atoms. The van der Waals surface area contributed by atoms with E-state index in [1.165, 1.54) is 0 Å². The molecule has 0 N–H and O–H groups in total. The fraction of sp³-hybridized carbons (Fsp3) is 0.867. The third kappa shape index (κ3) is 2.67. The van der Waals surface area contributed by atoms with Gasteiger partial charge in [-0.05, 0) is 46.1 Å². The second-order valence-corrected chi connectivity index (χ2v) is 7.15. The number of ether oxygens (including phenoxy) is 2. The van der Waals surface area contributed by atoms with Crippen molar-refractivity contribution in [1.29, 1.82) is 0 Å². The molecule has 3 aliphatic rings. The topological polar surface area (TPSA) is 36.9 Å². The first-order valence-corrected chi connectivity index (χ1v) is 7.76. The van der Waals surface area contributed by atoms with E-state index in [0.717, 1.165) is 5.57 Å². The lowest BCUT2D eigenvalue weighted by Crippen LogP contribution is -2.41. The van der Waals surface area contributed by atoms with Crippen molar-refractivity contribution in [3.8, 4) is 0 Å². The molecule has 118 valence electrons. The van der Waals surface area contributed by atoms with Gasteiger partial charge in [0.1, 0.15) is 5.73 Å². The van der Waals surface area contributed by atoms with Gasteiger partial charge in [-0.2, -0.15) is 0 Å². The first-order valence-electron chi connectivity index (χ1n) is 7.76. The highest BCUT2D eigenvalue weighted by Crippen LogP contribution is 2.43. The van der Waals surface area contributed by atoms with Crippen LogP contribution in [0.1, 0.15) is 53.4 Å². The molecule has 3 fully saturated rings. The standard InChI is InChI=1S/C15H24BFO4/c1-13(2)14(3,4)21-16(20-13)12(17)11-5-7-15(8-6-11)18-9-10-19-15/h5-10H2,1-4H3. The molecule has 0 radical (unpaired) electrons. The van der Waals surface area contributed by atoms with Crippen LogP contribution in [0.5, 0.6) is 0 Å². The van der Waals surface area contributed by atoms with Gasteiger partial charge in [-0.3, -0.25) is 0 Å². The van der Waals surface area contributed by atoms with Crippen molar-refractivity contribution in [3.05, 3.63) is 11.3 Å². The third-order valence-electron chi connectivity index (χ3n) is 5.23. The minimum atomic E-state index is -0.885. The van der Waals surface area contributed by atoms with Gasteiger partial charge in [0.25, 0.3) is 0 Å². The van der Waals surface area contributed by atoms with Crippen molar-refractivity contribution in [2.45, 2.75) is 70.4 Å². The van der Waals surface area contributed by atoms with Gasteiger partial charge in [0.05, 0.1) is 24.4 Å². The minimum Gasteiger partial charge on any atom is -0.398 e. The molecule has 1 spiro atoms. The highest BCUT2D eigenvalue weighted by Gasteiger charge is 2.54. The lowest BCUT2D eigenvalue weighted by atomic mass is 9.79. The Morgan fingerprint density at radius 2 is 1.43 bits per heavy atom. The molecular weight excluding hydrogens is 274 g/mol. The van der Waals surface area contributed by atoms with Crippen LogP contribution in [0.3, 0.4) is 0 Å². The summed E-state index contributed by atoms with van der Waals surface area (Å²) in [6, 6.07) is 0. The maximum Gasteiger partial charge on any atom is 0.525 e. The van der Waals surface area contributed by atoms with Crippen LogP contribution in [0.2, 0.25) is 0 Å². The molecule has 1 saturated carbocycles. The normalized spacial score (nSPS) is 30.1. The van der Waals surface area contributed by atoms with Crippen LogP contribution in [-0.4, -0.2) is 37.3 Å². The van der Waals surface area contributed by atoms with E-state index in [1.807, 2.05) is 27.7 Å². The van der Waals surface area contributed by atoms with Crippen LogP contribution in [0.25, 0.3) is 0 Å². The summed E-state index contributed by atoms with van der Waals surface area (Å²) in [4.78, 5) is 0. The van der Waals surface area contributed by atoms with Crippen molar-refractivity contribution < 1.29 is 23.2 Å². The molecule has 0 aromatic heterocycles. The molecule has 0 amide bonds. The van der Waals surface area contributed by atoms with E-state index in [0.29, 0.717) is 38.9 Å². The average Bonchev–Trinajstić information content (AvgIpc) is 2.93. The Bertz CT molecular complexity index is 427. The Balaban J connectivity index is 1.70. The van der Waals surface area contributed by atoms with Gasteiger partial charge in [0.15, 0.2) is 5.79 Å². The Labute approximate surface area is 126 Å². The van der Waals surface area contributed by atoms with Crippen LogP contribution in [0.4, 0.5) is 4.39 Å². The molecular formula is C15H24BFO4. The first-order chi connectivity index (χ1) is 9.75. The molecule has 0 aromatic carbocycles. The zero-order chi connectivity index (χ0) is 15.3.